The quantitative estimate of drug-likeness (QED) is 0.686. The first-order valence-corrected chi connectivity index (χ1v) is 5.27. The summed E-state index contributed by atoms with van der Waals surface area (Å²) in [6.07, 6.45) is 1.44. The molecule has 2 aromatic carbocycles. The van der Waals surface area contributed by atoms with E-state index < -0.39 is 0 Å². The van der Waals surface area contributed by atoms with Crippen molar-refractivity contribution in [2.24, 2.45) is 0 Å². The normalized spacial score (nSPS) is 10.6. The summed E-state index contributed by atoms with van der Waals surface area (Å²) in [6, 6.07) is 14.2. The molecule has 82 valence electrons. The largest absolute Gasteiger partial charge is 0.382 e. The number of benzene rings is 2. The first kappa shape index (κ1) is 9.72. The van der Waals surface area contributed by atoms with Crippen LogP contribution in [0.3, 0.4) is 0 Å². The molecule has 0 unspecified atom stereocenters. The van der Waals surface area contributed by atoms with E-state index in [0.717, 1.165) is 10.9 Å². The number of hydrogen-bond acceptors (Lipinski definition) is 4. The lowest BCUT2D eigenvalue weighted by molar-refractivity contribution is 0.987. The van der Waals surface area contributed by atoms with Crippen molar-refractivity contribution in [3.63, 3.8) is 0 Å². The fourth-order valence-electron chi connectivity index (χ4n) is 1.77. The van der Waals surface area contributed by atoms with Gasteiger partial charge in [0, 0.05) is 5.56 Å². The molecule has 0 saturated heterocycles. The van der Waals surface area contributed by atoms with Gasteiger partial charge in [0.05, 0.1) is 6.20 Å². The number of fused-ring (bicyclic) bond motifs is 1. The van der Waals surface area contributed by atoms with E-state index in [4.69, 9.17) is 5.73 Å². The number of aromatic nitrogens is 3. The third-order valence-electron chi connectivity index (χ3n) is 2.59. The zero-order valence-electron chi connectivity index (χ0n) is 9.04. The number of nitrogens with two attached hydrogens (primary N) is 1. The summed E-state index contributed by atoms with van der Waals surface area (Å²) in [5, 5.41) is 10.1. The zero-order valence-corrected chi connectivity index (χ0v) is 9.04. The minimum atomic E-state index is 0.378. The fraction of sp³-hybridized carbons (Fsp3) is 0. The van der Waals surface area contributed by atoms with Crippen LogP contribution in [-0.4, -0.2) is 15.2 Å². The fourth-order valence-corrected chi connectivity index (χ4v) is 1.77. The second-order valence-corrected chi connectivity index (χ2v) is 3.77. The Kier molecular flexibility index (Phi) is 2.19. The van der Waals surface area contributed by atoms with Gasteiger partial charge in [-0.15, -0.1) is 5.10 Å². The van der Waals surface area contributed by atoms with E-state index in [9.17, 15) is 0 Å². The van der Waals surface area contributed by atoms with Gasteiger partial charge in [-0.2, -0.15) is 5.10 Å². The van der Waals surface area contributed by atoms with Crippen LogP contribution in [0.1, 0.15) is 0 Å². The Morgan fingerprint density at radius 1 is 0.941 bits per heavy atom. The van der Waals surface area contributed by atoms with Gasteiger partial charge in [0.25, 0.3) is 0 Å². The van der Waals surface area contributed by atoms with E-state index in [-0.39, 0.29) is 0 Å². The van der Waals surface area contributed by atoms with Gasteiger partial charge in [-0.25, -0.2) is 4.98 Å². The maximum absolute atomic E-state index is 5.59. The summed E-state index contributed by atoms with van der Waals surface area (Å²) < 4.78 is 0. The number of nitrogens with zero attached hydrogens (tertiary/aromatic N) is 3. The average molecular weight is 222 g/mol. The average Bonchev–Trinajstić information content (AvgIpc) is 2.38. The van der Waals surface area contributed by atoms with Crippen molar-refractivity contribution in [2.75, 3.05) is 5.73 Å². The molecule has 3 aromatic rings. The highest BCUT2D eigenvalue weighted by atomic mass is 15.2. The molecule has 0 atom stereocenters. The Hall–Kier alpha value is -2.49. The van der Waals surface area contributed by atoms with Gasteiger partial charge in [0.2, 0.25) is 0 Å². The third-order valence-corrected chi connectivity index (χ3v) is 2.59. The molecule has 0 aliphatic rings. The molecule has 17 heavy (non-hydrogen) atoms. The van der Waals surface area contributed by atoms with E-state index in [0.29, 0.717) is 11.6 Å². The van der Waals surface area contributed by atoms with E-state index >= 15 is 0 Å². The molecule has 2 N–H and O–H groups in total. The van der Waals surface area contributed by atoms with E-state index in [2.05, 4.69) is 27.3 Å². The molecular weight excluding hydrogens is 212 g/mol. The Balaban J connectivity index is 2.18. The first-order chi connectivity index (χ1) is 8.33. The van der Waals surface area contributed by atoms with Crippen LogP contribution in [0.15, 0.2) is 48.7 Å². The highest BCUT2D eigenvalue weighted by molar-refractivity contribution is 5.86. The van der Waals surface area contributed by atoms with Crippen molar-refractivity contribution in [2.45, 2.75) is 0 Å². The molecular formula is C13H10N4. The van der Waals surface area contributed by atoms with Gasteiger partial charge >= 0.3 is 0 Å². The predicted molar refractivity (Wildman–Crippen MR) is 67.2 cm³/mol. The minimum absolute atomic E-state index is 0.378. The number of nitrogen functional groups attached to an aromatic ring is 1. The van der Waals surface area contributed by atoms with Crippen LogP contribution in [-0.2, 0) is 0 Å². The van der Waals surface area contributed by atoms with Gasteiger partial charge < -0.3 is 5.73 Å². The molecule has 1 aromatic heterocycles. The molecule has 0 aliphatic heterocycles. The van der Waals surface area contributed by atoms with Gasteiger partial charge in [-0.05, 0) is 16.8 Å². The lowest BCUT2D eigenvalue weighted by Gasteiger charge is -2.02. The topological polar surface area (TPSA) is 64.7 Å². The maximum atomic E-state index is 5.59. The molecule has 4 heteroatoms. The highest BCUT2D eigenvalue weighted by Crippen LogP contribution is 2.21. The highest BCUT2D eigenvalue weighted by Gasteiger charge is 2.03. The molecule has 0 fully saturated rings. The SMILES string of the molecule is Nc1cnnc(-c2ccc3ccccc3c2)n1. The molecule has 0 amide bonds. The molecule has 0 radical (unpaired) electrons. The van der Waals surface area contributed by atoms with Crippen LogP contribution in [0.4, 0.5) is 5.82 Å². The summed E-state index contributed by atoms with van der Waals surface area (Å²) in [4.78, 5) is 4.15. The van der Waals surface area contributed by atoms with Crippen molar-refractivity contribution >= 4 is 16.6 Å². The Bertz CT molecular complexity index is 679. The van der Waals surface area contributed by atoms with Crippen LogP contribution in [0, 0.1) is 0 Å². The van der Waals surface area contributed by atoms with Gasteiger partial charge in [0.15, 0.2) is 5.82 Å². The van der Waals surface area contributed by atoms with Crippen molar-refractivity contribution in [1.29, 1.82) is 0 Å². The Labute approximate surface area is 98.1 Å². The molecule has 0 bridgehead atoms. The summed E-state index contributed by atoms with van der Waals surface area (Å²) in [7, 11) is 0. The maximum Gasteiger partial charge on any atom is 0.183 e. The van der Waals surface area contributed by atoms with Crippen LogP contribution in [0.5, 0.6) is 0 Å². The second kappa shape index (κ2) is 3.83. The first-order valence-electron chi connectivity index (χ1n) is 5.27. The Morgan fingerprint density at radius 3 is 2.59 bits per heavy atom. The van der Waals surface area contributed by atoms with Crippen molar-refractivity contribution in [1.82, 2.24) is 15.2 Å². The standard InChI is InChI=1S/C13H10N4/c14-12-8-15-17-13(16-12)11-6-5-9-3-1-2-4-10(9)7-11/h1-8H,(H2,14,16,17). The zero-order chi connectivity index (χ0) is 11.7. The third kappa shape index (κ3) is 1.80. The minimum Gasteiger partial charge on any atom is -0.382 e. The van der Waals surface area contributed by atoms with Crippen LogP contribution in [0.2, 0.25) is 0 Å². The number of hydrogen-bond donors (Lipinski definition) is 1. The lowest BCUT2D eigenvalue weighted by atomic mass is 10.1. The molecule has 3 rings (SSSR count). The number of anilines is 1. The van der Waals surface area contributed by atoms with Crippen LogP contribution < -0.4 is 5.73 Å². The lowest BCUT2D eigenvalue weighted by Crippen LogP contribution is -1.97. The van der Waals surface area contributed by atoms with E-state index in [1.165, 1.54) is 11.6 Å². The van der Waals surface area contributed by atoms with Crippen LogP contribution >= 0.6 is 0 Å². The van der Waals surface area contributed by atoms with Gasteiger partial charge in [-0.1, -0.05) is 36.4 Å². The molecule has 0 saturated carbocycles. The summed E-state index contributed by atoms with van der Waals surface area (Å²) >= 11 is 0. The molecule has 0 spiro atoms. The van der Waals surface area contributed by atoms with Crippen molar-refractivity contribution in [3.05, 3.63) is 48.7 Å². The van der Waals surface area contributed by atoms with Crippen molar-refractivity contribution < 1.29 is 0 Å². The summed E-state index contributed by atoms with van der Waals surface area (Å²) in [5.41, 5.74) is 6.51. The van der Waals surface area contributed by atoms with Crippen molar-refractivity contribution in [3.8, 4) is 11.4 Å². The van der Waals surface area contributed by atoms with Gasteiger partial charge in [-0.3, -0.25) is 0 Å². The molecule has 1 heterocycles. The smallest absolute Gasteiger partial charge is 0.183 e. The van der Waals surface area contributed by atoms with E-state index in [1.807, 2.05) is 30.3 Å². The second-order valence-electron chi connectivity index (χ2n) is 3.77. The van der Waals surface area contributed by atoms with Crippen LogP contribution in [0.25, 0.3) is 22.2 Å². The number of rotatable bonds is 1. The van der Waals surface area contributed by atoms with Gasteiger partial charge in [0.1, 0.15) is 5.82 Å². The molecule has 4 nitrogen and oxygen atoms in total. The predicted octanol–water partition coefficient (Wildman–Crippen LogP) is 2.27. The summed E-state index contributed by atoms with van der Waals surface area (Å²) in [5.74, 6) is 0.930. The Morgan fingerprint density at radius 2 is 1.76 bits per heavy atom. The van der Waals surface area contributed by atoms with E-state index in [1.54, 1.807) is 0 Å². The molecule has 0 aliphatic carbocycles. The monoisotopic (exact) mass is 222 g/mol. The summed E-state index contributed by atoms with van der Waals surface area (Å²) in [6.45, 7) is 0.